The van der Waals surface area contributed by atoms with Gasteiger partial charge in [-0.15, -0.1) is 0 Å². The van der Waals surface area contributed by atoms with Crippen molar-refractivity contribution in [3.8, 4) is 0 Å². The second kappa shape index (κ2) is 8.92. The van der Waals surface area contributed by atoms with Crippen molar-refractivity contribution >= 4 is 0 Å². The van der Waals surface area contributed by atoms with Crippen molar-refractivity contribution in [1.82, 2.24) is 0 Å². The molecule has 0 atom stereocenters. The average molecular weight is 255 g/mol. The van der Waals surface area contributed by atoms with Crippen LogP contribution in [0.3, 0.4) is 0 Å². The van der Waals surface area contributed by atoms with Gasteiger partial charge >= 0.3 is 0 Å². The second-order valence-corrected chi connectivity index (χ2v) is 6.19. The van der Waals surface area contributed by atoms with Crippen molar-refractivity contribution in [2.75, 3.05) is 13.2 Å². The lowest BCUT2D eigenvalue weighted by atomic mass is 9.79. The van der Waals surface area contributed by atoms with E-state index in [0.717, 1.165) is 12.5 Å². The Morgan fingerprint density at radius 2 is 1.67 bits per heavy atom. The molecule has 0 bridgehead atoms. The molecule has 1 rings (SSSR count). The van der Waals surface area contributed by atoms with Crippen molar-refractivity contribution in [2.24, 2.45) is 11.7 Å². The van der Waals surface area contributed by atoms with Crippen LogP contribution in [0.25, 0.3) is 0 Å². The van der Waals surface area contributed by atoms with E-state index < -0.39 is 0 Å². The van der Waals surface area contributed by atoms with E-state index in [1.807, 2.05) is 0 Å². The number of hydrogen-bond acceptors (Lipinski definition) is 2. The van der Waals surface area contributed by atoms with Crippen molar-refractivity contribution in [3.63, 3.8) is 0 Å². The zero-order chi connectivity index (χ0) is 13.3. The van der Waals surface area contributed by atoms with E-state index in [-0.39, 0.29) is 5.60 Å². The minimum absolute atomic E-state index is 0.0237. The van der Waals surface area contributed by atoms with Crippen LogP contribution < -0.4 is 5.73 Å². The van der Waals surface area contributed by atoms with Crippen molar-refractivity contribution in [3.05, 3.63) is 0 Å². The zero-order valence-corrected chi connectivity index (χ0v) is 12.5. The van der Waals surface area contributed by atoms with Gasteiger partial charge in [0.1, 0.15) is 0 Å². The third kappa shape index (κ3) is 5.71. The van der Waals surface area contributed by atoms with Crippen molar-refractivity contribution in [2.45, 2.75) is 83.7 Å². The summed E-state index contributed by atoms with van der Waals surface area (Å²) in [6, 6.07) is 0. The molecular weight excluding hydrogens is 222 g/mol. The Labute approximate surface area is 114 Å². The number of rotatable bonds is 9. The van der Waals surface area contributed by atoms with E-state index in [0.29, 0.717) is 6.54 Å². The molecule has 1 aliphatic carbocycles. The minimum Gasteiger partial charge on any atom is -0.374 e. The summed E-state index contributed by atoms with van der Waals surface area (Å²) in [6.45, 7) is 6.22. The lowest BCUT2D eigenvalue weighted by molar-refractivity contribution is -0.0712. The Morgan fingerprint density at radius 3 is 2.28 bits per heavy atom. The summed E-state index contributed by atoms with van der Waals surface area (Å²) >= 11 is 0. The first kappa shape index (κ1) is 16.0. The van der Waals surface area contributed by atoms with Gasteiger partial charge in [-0.1, -0.05) is 46.0 Å². The van der Waals surface area contributed by atoms with Crippen molar-refractivity contribution < 1.29 is 4.74 Å². The lowest BCUT2D eigenvalue weighted by Crippen LogP contribution is -2.44. The molecule has 0 aromatic rings. The van der Waals surface area contributed by atoms with Crippen LogP contribution in [0.15, 0.2) is 0 Å². The van der Waals surface area contributed by atoms with Gasteiger partial charge in [-0.2, -0.15) is 0 Å². The van der Waals surface area contributed by atoms with Crippen LogP contribution in [0.2, 0.25) is 0 Å². The fourth-order valence-corrected chi connectivity index (χ4v) is 2.87. The quantitative estimate of drug-likeness (QED) is 0.624. The van der Waals surface area contributed by atoms with E-state index >= 15 is 0 Å². The van der Waals surface area contributed by atoms with Crippen molar-refractivity contribution in [1.29, 1.82) is 0 Å². The average Bonchev–Trinajstić information content (AvgIpc) is 2.40. The van der Waals surface area contributed by atoms with Crippen LogP contribution in [0, 0.1) is 5.92 Å². The molecule has 0 saturated heterocycles. The standard InChI is InChI=1S/C16H33NO/c1-3-4-5-6-7-8-13-18-16(14-17)11-9-15(2)10-12-16/h15H,3-14,17H2,1-2H3. The molecule has 2 nitrogen and oxygen atoms in total. The molecule has 0 unspecified atom stereocenters. The highest BCUT2D eigenvalue weighted by atomic mass is 16.5. The first-order valence-electron chi connectivity index (χ1n) is 8.06. The Morgan fingerprint density at radius 1 is 1.06 bits per heavy atom. The Hall–Kier alpha value is -0.0800. The first-order chi connectivity index (χ1) is 8.72. The smallest absolute Gasteiger partial charge is 0.0804 e. The maximum Gasteiger partial charge on any atom is 0.0804 e. The number of ether oxygens (including phenoxy) is 1. The second-order valence-electron chi connectivity index (χ2n) is 6.19. The molecule has 0 heterocycles. The highest BCUT2D eigenvalue weighted by molar-refractivity contribution is 4.87. The molecule has 108 valence electrons. The summed E-state index contributed by atoms with van der Waals surface area (Å²) in [5.74, 6) is 0.863. The Bertz CT molecular complexity index is 197. The summed E-state index contributed by atoms with van der Waals surface area (Å²) < 4.78 is 6.15. The highest BCUT2D eigenvalue weighted by Gasteiger charge is 2.33. The fourth-order valence-electron chi connectivity index (χ4n) is 2.87. The monoisotopic (exact) mass is 255 g/mol. The number of hydrogen-bond donors (Lipinski definition) is 1. The molecule has 1 saturated carbocycles. The van der Waals surface area contributed by atoms with E-state index in [1.54, 1.807) is 0 Å². The molecule has 2 heteroatoms. The molecule has 0 aromatic carbocycles. The molecule has 0 radical (unpaired) electrons. The van der Waals surface area contributed by atoms with Crippen LogP contribution >= 0.6 is 0 Å². The van der Waals surface area contributed by atoms with Gasteiger partial charge in [0, 0.05) is 13.2 Å². The number of unbranched alkanes of at least 4 members (excludes halogenated alkanes) is 5. The largest absolute Gasteiger partial charge is 0.374 e. The van der Waals surface area contributed by atoms with E-state index in [9.17, 15) is 0 Å². The van der Waals surface area contributed by atoms with Gasteiger partial charge in [0.2, 0.25) is 0 Å². The predicted octanol–water partition coefficient (Wildman–Crippen LogP) is 4.27. The Kier molecular flexibility index (Phi) is 7.92. The van der Waals surface area contributed by atoms with Crippen LogP contribution in [-0.2, 0) is 4.74 Å². The summed E-state index contributed by atoms with van der Waals surface area (Å²) in [6.07, 6.45) is 12.9. The van der Waals surface area contributed by atoms with Gasteiger partial charge in [0.15, 0.2) is 0 Å². The zero-order valence-electron chi connectivity index (χ0n) is 12.5. The molecule has 1 aliphatic rings. The van der Waals surface area contributed by atoms with Gasteiger partial charge < -0.3 is 10.5 Å². The lowest BCUT2D eigenvalue weighted by Gasteiger charge is -2.38. The van der Waals surface area contributed by atoms with E-state index in [2.05, 4.69) is 13.8 Å². The molecule has 1 fully saturated rings. The van der Waals surface area contributed by atoms with Crippen LogP contribution in [0.4, 0.5) is 0 Å². The summed E-state index contributed by atoms with van der Waals surface area (Å²) in [7, 11) is 0. The molecular formula is C16H33NO. The molecule has 18 heavy (non-hydrogen) atoms. The topological polar surface area (TPSA) is 35.2 Å². The first-order valence-corrected chi connectivity index (χ1v) is 8.06. The molecule has 0 aliphatic heterocycles. The molecule has 0 spiro atoms. The van der Waals surface area contributed by atoms with Gasteiger partial charge in [0.25, 0.3) is 0 Å². The molecule has 2 N–H and O–H groups in total. The third-order valence-corrected chi connectivity index (χ3v) is 4.46. The molecule has 0 aromatic heterocycles. The van der Waals surface area contributed by atoms with Crippen LogP contribution in [0.5, 0.6) is 0 Å². The Balaban J connectivity index is 2.08. The maximum atomic E-state index is 6.15. The number of nitrogens with two attached hydrogens (primary N) is 1. The van der Waals surface area contributed by atoms with E-state index in [4.69, 9.17) is 10.5 Å². The van der Waals surface area contributed by atoms with Crippen LogP contribution in [-0.4, -0.2) is 18.8 Å². The SMILES string of the molecule is CCCCCCCCOC1(CN)CCC(C)CC1. The maximum absolute atomic E-state index is 6.15. The normalized spacial score (nSPS) is 28.5. The van der Waals surface area contributed by atoms with Gasteiger partial charge in [0.05, 0.1) is 5.60 Å². The van der Waals surface area contributed by atoms with E-state index in [1.165, 1.54) is 64.2 Å². The molecule has 0 amide bonds. The summed E-state index contributed by atoms with van der Waals surface area (Å²) in [4.78, 5) is 0. The predicted molar refractivity (Wildman–Crippen MR) is 78.7 cm³/mol. The summed E-state index contributed by atoms with van der Waals surface area (Å²) in [5.41, 5.74) is 5.96. The summed E-state index contributed by atoms with van der Waals surface area (Å²) in [5, 5.41) is 0. The van der Waals surface area contributed by atoms with Gasteiger partial charge in [-0.25, -0.2) is 0 Å². The highest BCUT2D eigenvalue weighted by Crippen LogP contribution is 2.34. The van der Waals surface area contributed by atoms with Gasteiger partial charge in [-0.3, -0.25) is 0 Å². The third-order valence-electron chi connectivity index (χ3n) is 4.46. The minimum atomic E-state index is 0.0237. The van der Waals surface area contributed by atoms with Gasteiger partial charge in [-0.05, 0) is 38.0 Å². The van der Waals surface area contributed by atoms with Crippen LogP contribution in [0.1, 0.15) is 78.1 Å². The fraction of sp³-hybridized carbons (Fsp3) is 1.00.